The van der Waals surface area contributed by atoms with E-state index in [2.05, 4.69) is 521 Å². The summed E-state index contributed by atoms with van der Waals surface area (Å²) in [7, 11) is 0. The maximum absolute atomic E-state index is 2.72. The Balaban J connectivity index is 0.836. The smallest absolute Gasteiger partial charge is 0.252 e. The van der Waals surface area contributed by atoms with Crippen molar-refractivity contribution in [3.05, 3.63) is 471 Å². The Morgan fingerprint density at radius 1 is 0.146 bits per heavy atom. The molecule has 612 valence electrons. The van der Waals surface area contributed by atoms with E-state index >= 15 is 0 Å². The number of rotatable bonds is 15. The minimum atomic E-state index is -0.401. The summed E-state index contributed by atoms with van der Waals surface area (Å²) in [6.45, 7) is 8.23. The monoisotopic (exact) mass is 1660 g/mol. The third-order valence-corrected chi connectivity index (χ3v) is 27.5. The number of benzene rings is 19. The molecule has 0 saturated heterocycles. The maximum Gasteiger partial charge on any atom is 0.252 e. The van der Waals surface area contributed by atoms with Crippen LogP contribution in [0.15, 0.2) is 449 Å². The van der Waals surface area contributed by atoms with Gasteiger partial charge in [0.2, 0.25) is 0 Å². The van der Waals surface area contributed by atoms with Gasteiger partial charge in [-0.1, -0.05) is 267 Å². The fraction of sp³-hybridized carbons (Fsp3) is 0.0339. The SMILES string of the molecule is Cc1ccccc1N1c2cc3c(cc2B2c4ccccc4N(c4ccccc4)c4cc(N(c5ccccc5)c5ccccc5)cc1c42)B1c2cc4c(cc2N(c2ccccc2C)c2cc(N(c5ccccc5)c5ccccc5)cc(c21)N3c1ccccc1C)N(c1ccccc1C)c1cc(N(c2ccccc2)c2ccccc2)cc2c1B4c1ccccc1N2c1ccccc1. The van der Waals surface area contributed by atoms with Crippen molar-refractivity contribution in [3.8, 4) is 0 Å². The summed E-state index contributed by atoms with van der Waals surface area (Å²) in [5, 5.41) is 0. The van der Waals surface area contributed by atoms with Gasteiger partial charge in [-0.2, -0.15) is 0 Å². The molecule has 6 aliphatic heterocycles. The van der Waals surface area contributed by atoms with Crippen molar-refractivity contribution < 1.29 is 0 Å². The summed E-state index contributed by atoms with van der Waals surface area (Å²) >= 11 is 0. The van der Waals surface area contributed by atoms with Gasteiger partial charge in [-0.05, 0) is 281 Å². The quantitative estimate of drug-likeness (QED) is 0.0931. The summed E-state index contributed by atoms with van der Waals surface area (Å²) in [4.78, 5) is 23.1. The van der Waals surface area contributed by atoms with Crippen LogP contribution in [0.5, 0.6) is 0 Å². The van der Waals surface area contributed by atoms with Crippen molar-refractivity contribution in [2.24, 2.45) is 0 Å². The topological polar surface area (TPSA) is 29.2 Å². The van der Waals surface area contributed by atoms with Crippen molar-refractivity contribution in [1.82, 2.24) is 0 Å². The molecular formula is C118H86B3N9. The number of fused-ring (bicyclic) bond motifs is 12. The molecule has 19 aromatic carbocycles. The minimum absolute atomic E-state index is 0.276. The number of hydrogen-bond donors (Lipinski definition) is 0. The lowest BCUT2D eigenvalue weighted by Crippen LogP contribution is -2.66. The Morgan fingerprint density at radius 2 is 0.338 bits per heavy atom. The van der Waals surface area contributed by atoms with E-state index in [0.717, 1.165) is 176 Å². The van der Waals surface area contributed by atoms with E-state index in [1.807, 2.05) is 0 Å². The molecule has 19 aromatic rings. The summed E-state index contributed by atoms with van der Waals surface area (Å²) in [5.41, 5.74) is 44.9. The lowest BCUT2D eigenvalue weighted by molar-refractivity contribution is 1.19. The number of anilines is 27. The highest BCUT2D eigenvalue weighted by Crippen LogP contribution is 2.56. The molecule has 0 aliphatic carbocycles. The van der Waals surface area contributed by atoms with Crippen LogP contribution < -0.4 is 93.3 Å². The number of nitrogens with zero attached hydrogens (tertiary/aromatic N) is 9. The molecule has 0 atom stereocenters. The molecular weight excluding hydrogens is 1580 g/mol. The van der Waals surface area contributed by atoms with Gasteiger partial charge in [0.15, 0.2) is 0 Å². The predicted octanol–water partition coefficient (Wildman–Crippen LogP) is 25.6. The van der Waals surface area contributed by atoms with E-state index in [4.69, 9.17) is 0 Å². The van der Waals surface area contributed by atoms with Crippen LogP contribution in [0.2, 0.25) is 0 Å². The fourth-order valence-corrected chi connectivity index (χ4v) is 22.0. The van der Waals surface area contributed by atoms with Crippen molar-refractivity contribution in [2.75, 3.05) is 44.1 Å². The summed E-state index contributed by atoms with van der Waals surface area (Å²) in [6, 6.07) is 168. The van der Waals surface area contributed by atoms with Crippen molar-refractivity contribution >= 4 is 223 Å². The molecule has 0 N–H and O–H groups in total. The lowest BCUT2D eigenvalue weighted by Gasteiger charge is -2.49. The van der Waals surface area contributed by atoms with Crippen molar-refractivity contribution in [2.45, 2.75) is 27.7 Å². The first-order valence-electron chi connectivity index (χ1n) is 45.2. The van der Waals surface area contributed by atoms with Crippen LogP contribution in [0.25, 0.3) is 0 Å². The van der Waals surface area contributed by atoms with Gasteiger partial charge in [0.05, 0.1) is 17.1 Å². The maximum atomic E-state index is 2.72. The zero-order valence-corrected chi connectivity index (χ0v) is 72.5. The van der Waals surface area contributed by atoms with E-state index in [1.165, 1.54) is 49.2 Å². The van der Waals surface area contributed by atoms with E-state index in [0.29, 0.717) is 0 Å². The van der Waals surface area contributed by atoms with Crippen LogP contribution in [0.4, 0.5) is 154 Å². The van der Waals surface area contributed by atoms with Crippen LogP contribution in [-0.4, -0.2) is 20.1 Å². The van der Waals surface area contributed by atoms with Crippen LogP contribution in [-0.2, 0) is 0 Å². The lowest BCUT2D eigenvalue weighted by atomic mass is 9.29. The van der Waals surface area contributed by atoms with Crippen LogP contribution >= 0.6 is 0 Å². The van der Waals surface area contributed by atoms with Crippen LogP contribution in [0, 0.1) is 27.7 Å². The average molecular weight is 1660 g/mol. The van der Waals surface area contributed by atoms with Gasteiger partial charge in [-0.25, -0.2) is 0 Å². The van der Waals surface area contributed by atoms with Gasteiger partial charge in [0.25, 0.3) is 20.1 Å². The molecule has 9 nitrogen and oxygen atoms in total. The van der Waals surface area contributed by atoms with Gasteiger partial charge in [-0.3, -0.25) is 0 Å². The highest BCUT2D eigenvalue weighted by atomic mass is 15.3. The molecule has 0 aromatic heterocycles. The predicted molar refractivity (Wildman–Crippen MR) is 552 cm³/mol. The molecule has 0 bridgehead atoms. The van der Waals surface area contributed by atoms with Crippen LogP contribution in [0.3, 0.4) is 0 Å². The minimum Gasteiger partial charge on any atom is -0.311 e. The van der Waals surface area contributed by atoms with Gasteiger partial charge in [0.1, 0.15) is 0 Å². The molecule has 0 amide bonds. The van der Waals surface area contributed by atoms with Crippen molar-refractivity contribution in [3.63, 3.8) is 0 Å². The second-order valence-electron chi connectivity index (χ2n) is 34.9. The Bertz CT molecular complexity index is 7160. The highest BCUT2D eigenvalue weighted by Gasteiger charge is 2.52. The van der Waals surface area contributed by atoms with E-state index in [1.54, 1.807) is 0 Å². The van der Waals surface area contributed by atoms with Gasteiger partial charge < -0.3 is 44.1 Å². The fourth-order valence-electron chi connectivity index (χ4n) is 22.0. The molecule has 12 heteroatoms. The van der Waals surface area contributed by atoms with Gasteiger partial charge >= 0.3 is 0 Å². The molecule has 0 spiro atoms. The number of aryl methyl sites for hydroxylation is 4. The zero-order chi connectivity index (χ0) is 86.3. The molecule has 0 fully saturated rings. The second-order valence-corrected chi connectivity index (χ2v) is 34.9. The third kappa shape index (κ3) is 12.0. The molecule has 6 aliphatic rings. The average Bonchev–Trinajstić information content (AvgIpc) is 0.670. The third-order valence-electron chi connectivity index (χ3n) is 27.5. The van der Waals surface area contributed by atoms with Crippen molar-refractivity contribution in [1.29, 1.82) is 0 Å². The first-order chi connectivity index (χ1) is 64.2. The highest BCUT2D eigenvalue weighted by molar-refractivity contribution is 7.04. The second kappa shape index (κ2) is 30.7. The molecule has 6 heterocycles. The Kier molecular flexibility index (Phi) is 18.0. The normalized spacial score (nSPS) is 13.1. The number of para-hydroxylation sites is 14. The van der Waals surface area contributed by atoms with Crippen LogP contribution in [0.1, 0.15) is 22.3 Å². The molecule has 0 saturated carbocycles. The zero-order valence-electron chi connectivity index (χ0n) is 72.5. The standard InChI is InChI=1S/C118H86B3N9/c1-79-41-29-35-63-100(79)127-106-77-108-98(75-96(106)119-94-61-33-39-67-104(94)125(89-57-25-11-26-58-89)110-69-91(71-112(127)116(110)119)122(83-45-13-5-14-46-83)84-47-15-6-16-48-84)121-99-76-97-107(78-109(99)130(103-66-38-32-44-82(103)4)115-74-93(73-114(118(115)121)129(108)102-65-37-31-43-81(102)3)124(87-53-21-9-22-54-87)88-55-23-10-24-56-88)128(101-64-36-30-42-80(101)2)113-72-92(123(85-49-17-7-18-50-85)86-51-19-8-20-52-86)70-111-117(113)120(97)95-62-34-40-68-105(95)126(111)90-59-27-12-28-60-90/h5-78H,1-4H3. The number of hydrogen-bond acceptors (Lipinski definition) is 9. The largest absolute Gasteiger partial charge is 0.311 e. The molecule has 25 rings (SSSR count). The van der Waals surface area contributed by atoms with E-state index in [-0.39, 0.29) is 13.4 Å². The molecule has 0 unspecified atom stereocenters. The summed E-state index contributed by atoms with van der Waals surface area (Å²) < 4.78 is 0. The first-order valence-corrected chi connectivity index (χ1v) is 45.2. The summed E-state index contributed by atoms with van der Waals surface area (Å²) in [6.07, 6.45) is 0. The Hall–Kier alpha value is -16.4. The van der Waals surface area contributed by atoms with E-state index < -0.39 is 6.71 Å². The Labute approximate surface area is 760 Å². The molecule has 0 radical (unpaired) electrons. The Morgan fingerprint density at radius 3 is 0.577 bits per heavy atom. The summed E-state index contributed by atoms with van der Waals surface area (Å²) in [5.74, 6) is 0. The van der Waals surface area contributed by atoms with E-state index in [9.17, 15) is 0 Å². The molecule has 130 heavy (non-hydrogen) atoms. The van der Waals surface area contributed by atoms with Gasteiger partial charge in [0, 0.05) is 136 Å². The first kappa shape index (κ1) is 76.0. The van der Waals surface area contributed by atoms with Gasteiger partial charge in [-0.15, -0.1) is 0 Å².